The van der Waals surface area contributed by atoms with Crippen LogP contribution < -0.4 is 10.7 Å². The van der Waals surface area contributed by atoms with Crippen LogP contribution in [0.4, 0.5) is 0 Å². The molecule has 0 radical (unpaired) electrons. The van der Waals surface area contributed by atoms with Gasteiger partial charge < -0.3 is 15.2 Å². The second-order valence-electron chi connectivity index (χ2n) is 9.79. The molecule has 11 heteroatoms. The van der Waals surface area contributed by atoms with Crippen LogP contribution in [0.1, 0.15) is 59.9 Å². The van der Waals surface area contributed by atoms with Crippen molar-refractivity contribution < 1.29 is 39.0 Å². The molecule has 0 bridgehead atoms. The average Bonchev–Trinajstić information content (AvgIpc) is 2.88. The molecule has 4 N–H and O–H groups in total. The number of benzene rings is 2. The number of aliphatic carboxylic acids is 1. The Hall–Kier alpha value is -4.25. The van der Waals surface area contributed by atoms with E-state index in [2.05, 4.69) is 10.1 Å². The predicted molar refractivity (Wildman–Crippen MR) is 136 cm³/mol. The van der Waals surface area contributed by atoms with E-state index in [4.69, 9.17) is 0 Å². The molecule has 2 aromatic rings. The summed E-state index contributed by atoms with van der Waals surface area (Å²) >= 11 is 0. The number of hydrogen-bond donors (Lipinski definition) is 4. The van der Waals surface area contributed by atoms with Crippen molar-refractivity contribution in [3.63, 3.8) is 0 Å². The molecule has 0 aliphatic rings. The maximum Gasteiger partial charge on any atom is 0.337 e. The number of carboxylic acids is 1. The third-order valence-electron chi connectivity index (χ3n) is 5.83. The molecule has 0 saturated heterocycles. The Kier molecular flexibility index (Phi) is 10.5. The number of hydrogen-bond acceptors (Lipinski definition) is 7. The number of amides is 3. The fraction of sp³-hybridized carbons (Fsp3) is 0.370. The summed E-state index contributed by atoms with van der Waals surface area (Å²) in [6.45, 7) is 5.00. The predicted octanol–water partition coefficient (Wildman–Crippen LogP) is 2.59. The van der Waals surface area contributed by atoms with Crippen LogP contribution in [-0.4, -0.2) is 58.3 Å². The third kappa shape index (κ3) is 8.70. The molecule has 3 amide bonds. The SMILES string of the molecule is COC(=O)c1ccc(C(=O)NN(O)C(=O)CC(CCc2ccccc2)C(=O)N[C@H](C(=O)O)C(C)(C)C)cc1. The van der Waals surface area contributed by atoms with Crippen LogP contribution in [0.2, 0.25) is 0 Å². The number of nitrogens with zero attached hydrogens (tertiary/aromatic N) is 1. The van der Waals surface area contributed by atoms with Crippen molar-refractivity contribution in [3.8, 4) is 0 Å². The van der Waals surface area contributed by atoms with Gasteiger partial charge in [-0.2, -0.15) is 0 Å². The van der Waals surface area contributed by atoms with E-state index < -0.39 is 53.5 Å². The number of nitrogens with one attached hydrogen (secondary N) is 2. The largest absolute Gasteiger partial charge is 0.480 e. The van der Waals surface area contributed by atoms with Crippen LogP contribution in [0, 0.1) is 11.3 Å². The lowest BCUT2D eigenvalue weighted by Gasteiger charge is -2.29. The van der Waals surface area contributed by atoms with Crippen LogP contribution in [0.25, 0.3) is 0 Å². The van der Waals surface area contributed by atoms with Crippen LogP contribution in [0.5, 0.6) is 0 Å². The first-order valence-corrected chi connectivity index (χ1v) is 11.9. The highest BCUT2D eigenvalue weighted by Gasteiger charge is 2.35. The minimum atomic E-state index is -1.21. The van der Waals surface area contributed by atoms with Gasteiger partial charge in [0, 0.05) is 17.9 Å². The monoisotopic (exact) mass is 527 g/mol. The van der Waals surface area contributed by atoms with Crippen LogP contribution in [0.3, 0.4) is 0 Å². The molecule has 11 nitrogen and oxygen atoms in total. The summed E-state index contributed by atoms with van der Waals surface area (Å²) in [5.74, 6) is -5.25. The van der Waals surface area contributed by atoms with Gasteiger partial charge >= 0.3 is 11.9 Å². The number of ether oxygens (including phenoxy) is 1. The first kappa shape index (κ1) is 30.0. The lowest BCUT2D eigenvalue weighted by Crippen LogP contribution is -2.51. The van der Waals surface area contributed by atoms with Crippen molar-refractivity contribution in [2.45, 2.75) is 46.1 Å². The lowest BCUT2D eigenvalue weighted by atomic mass is 9.86. The van der Waals surface area contributed by atoms with Crippen LogP contribution in [-0.2, 0) is 25.5 Å². The molecule has 38 heavy (non-hydrogen) atoms. The van der Waals surface area contributed by atoms with Gasteiger partial charge in [0.05, 0.1) is 12.7 Å². The second-order valence-corrected chi connectivity index (χ2v) is 9.79. The number of carboxylic acid groups (broad SMARTS) is 1. The summed E-state index contributed by atoms with van der Waals surface area (Å²) in [6.07, 6.45) is 0.117. The van der Waals surface area contributed by atoms with Crippen molar-refractivity contribution in [1.29, 1.82) is 0 Å². The molecule has 0 heterocycles. The van der Waals surface area contributed by atoms with Crippen LogP contribution >= 0.6 is 0 Å². The van der Waals surface area contributed by atoms with Gasteiger partial charge in [0.2, 0.25) is 5.91 Å². The fourth-order valence-corrected chi connectivity index (χ4v) is 3.62. The number of esters is 1. The van der Waals surface area contributed by atoms with Crippen molar-refractivity contribution >= 4 is 29.7 Å². The van der Waals surface area contributed by atoms with E-state index in [1.54, 1.807) is 20.8 Å². The minimum Gasteiger partial charge on any atom is -0.480 e. The highest BCUT2D eigenvalue weighted by molar-refractivity contribution is 5.97. The summed E-state index contributed by atoms with van der Waals surface area (Å²) in [6, 6.07) is 13.3. The van der Waals surface area contributed by atoms with E-state index in [0.717, 1.165) is 5.56 Å². The van der Waals surface area contributed by atoms with E-state index in [1.165, 1.54) is 31.4 Å². The quantitative estimate of drug-likeness (QED) is 0.208. The Labute approximate surface area is 220 Å². The number of methoxy groups -OCH3 is 1. The number of aryl methyl sites for hydroxylation is 1. The zero-order valence-corrected chi connectivity index (χ0v) is 21.8. The van der Waals surface area contributed by atoms with Gasteiger partial charge in [-0.25, -0.2) is 15.0 Å². The van der Waals surface area contributed by atoms with Gasteiger partial charge in [-0.05, 0) is 48.1 Å². The highest BCUT2D eigenvalue weighted by atomic mass is 16.6. The highest BCUT2D eigenvalue weighted by Crippen LogP contribution is 2.22. The summed E-state index contributed by atoms with van der Waals surface area (Å²) in [5.41, 5.74) is 2.40. The molecular weight excluding hydrogens is 494 g/mol. The Morgan fingerprint density at radius 1 is 0.947 bits per heavy atom. The first-order chi connectivity index (χ1) is 17.8. The smallest absolute Gasteiger partial charge is 0.337 e. The summed E-state index contributed by atoms with van der Waals surface area (Å²) in [5, 5.41) is 22.3. The third-order valence-corrected chi connectivity index (χ3v) is 5.83. The second kappa shape index (κ2) is 13.3. The average molecular weight is 528 g/mol. The van der Waals surface area contributed by atoms with Crippen molar-refractivity contribution in [3.05, 3.63) is 71.3 Å². The minimum absolute atomic E-state index is 0.00220. The number of hydroxylamine groups is 1. The topological polar surface area (TPSA) is 162 Å². The molecule has 204 valence electrons. The van der Waals surface area contributed by atoms with Gasteiger partial charge in [-0.1, -0.05) is 51.1 Å². The summed E-state index contributed by atoms with van der Waals surface area (Å²) in [4.78, 5) is 61.6. The standard InChI is InChI=1S/C27H33N3O8/c1-27(2,3)22(25(34)35)28-23(32)20(11-10-17-8-6-5-7-9-17)16-21(31)30(37)29-24(33)18-12-14-19(15-13-18)26(36)38-4/h5-9,12-15,20,22,37H,10-11,16H2,1-4H3,(H,28,32)(H,29,33)(H,34,35)/t20?,22-/m1/s1. The zero-order valence-electron chi connectivity index (χ0n) is 21.8. The van der Waals surface area contributed by atoms with E-state index in [0.29, 0.717) is 6.42 Å². The summed E-state index contributed by atoms with van der Waals surface area (Å²) < 4.78 is 4.59. The molecule has 2 aromatic carbocycles. The normalized spacial score (nSPS) is 12.6. The molecule has 1 unspecified atom stereocenters. The van der Waals surface area contributed by atoms with E-state index in [-0.39, 0.29) is 22.7 Å². The molecule has 0 aromatic heterocycles. The zero-order chi connectivity index (χ0) is 28.5. The molecule has 0 aliphatic carbocycles. The van der Waals surface area contributed by atoms with Crippen molar-refractivity contribution in [1.82, 2.24) is 15.9 Å². The molecule has 2 atom stereocenters. The van der Waals surface area contributed by atoms with Gasteiger partial charge in [0.15, 0.2) is 0 Å². The fourth-order valence-electron chi connectivity index (χ4n) is 3.62. The van der Waals surface area contributed by atoms with Gasteiger partial charge in [-0.3, -0.25) is 19.6 Å². The van der Waals surface area contributed by atoms with Crippen molar-refractivity contribution in [2.75, 3.05) is 7.11 Å². The molecule has 0 saturated carbocycles. The lowest BCUT2D eigenvalue weighted by molar-refractivity contribution is -0.177. The van der Waals surface area contributed by atoms with E-state index in [1.807, 2.05) is 35.8 Å². The Bertz CT molecular complexity index is 1140. The molecular formula is C27H33N3O8. The Morgan fingerprint density at radius 3 is 2.05 bits per heavy atom. The molecule has 2 rings (SSSR count). The Morgan fingerprint density at radius 2 is 1.53 bits per heavy atom. The molecule has 0 spiro atoms. The number of rotatable bonds is 10. The molecule has 0 fully saturated rings. The summed E-state index contributed by atoms with van der Waals surface area (Å²) in [7, 11) is 1.22. The first-order valence-electron chi connectivity index (χ1n) is 11.9. The van der Waals surface area contributed by atoms with Gasteiger partial charge in [0.25, 0.3) is 11.8 Å². The maximum absolute atomic E-state index is 13.1. The van der Waals surface area contributed by atoms with Gasteiger partial charge in [0.1, 0.15) is 6.04 Å². The molecule has 0 aliphatic heterocycles. The number of carbonyl (C=O) groups is 5. The maximum atomic E-state index is 13.1. The van der Waals surface area contributed by atoms with E-state index >= 15 is 0 Å². The number of hydrazine groups is 1. The van der Waals surface area contributed by atoms with Gasteiger partial charge in [-0.15, -0.1) is 5.17 Å². The van der Waals surface area contributed by atoms with Crippen LogP contribution in [0.15, 0.2) is 54.6 Å². The van der Waals surface area contributed by atoms with E-state index in [9.17, 15) is 34.3 Å². The van der Waals surface area contributed by atoms with Crippen molar-refractivity contribution in [2.24, 2.45) is 11.3 Å². The Balaban J connectivity index is 2.12. The number of carbonyl (C=O) groups excluding carboxylic acids is 4.